The van der Waals surface area contributed by atoms with Crippen LogP contribution in [0.2, 0.25) is 0 Å². The number of aliphatic hydroxyl groups is 1. The largest absolute Gasteiger partial charge is 0.376 e. The maximum atomic E-state index is 9.46. The summed E-state index contributed by atoms with van der Waals surface area (Å²) < 4.78 is 0. The molecule has 16 heavy (non-hydrogen) atoms. The van der Waals surface area contributed by atoms with Gasteiger partial charge in [0.2, 0.25) is 0 Å². The van der Waals surface area contributed by atoms with Crippen molar-refractivity contribution >= 4 is 0 Å². The normalized spacial score (nSPS) is 14.4. The Hall–Kier alpha value is -0.550. The third kappa shape index (κ3) is 9.98. The van der Waals surface area contributed by atoms with E-state index in [2.05, 4.69) is 6.92 Å². The molecular weight excluding hydrogens is 198 g/mol. The number of nitriles is 1. The second kappa shape index (κ2) is 9.66. The van der Waals surface area contributed by atoms with Crippen LogP contribution in [0, 0.1) is 11.3 Å². The van der Waals surface area contributed by atoms with Gasteiger partial charge in [-0.05, 0) is 19.8 Å². The van der Waals surface area contributed by atoms with Crippen LogP contribution in [0.5, 0.6) is 0 Å². The predicted molar refractivity (Wildman–Crippen MR) is 68.1 cm³/mol. The van der Waals surface area contributed by atoms with Gasteiger partial charge in [-0.15, -0.1) is 0 Å². The summed E-state index contributed by atoms with van der Waals surface area (Å²) in [5.74, 6) is 0. The molecule has 0 aliphatic heterocycles. The van der Waals surface area contributed by atoms with Crippen molar-refractivity contribution in [2.24, 2.45) is 0 Å². The molecule has 0 aromatic carbocycles. The zero-order valence-electron chi connectivity index (χ0n) is 11.0. The van der Waals surface area contributed by atoms with Crippen molar-refractivity contribution in [3.8, 4) is 6.07 Å². The molecule has 0 spiro atoms. The molecule has 0 aliphatic rings. The van der Waals surface area contributed by atoms with Gasteiger partial charge in [-0.3, -0.25) is 0 Å². The average molecular weight is 225 g/mol. The van der Waals surface area contributed by atoms with Crippen molar-refractivity contribution in [3.63, 3.8) is 0 Å². The van der Waals surface area contributed by atoms with Crippen molar-refractivity contribution in [2.45, 2.75) is 83.7 Å². The highest BCUT2D eigenvalue weighted by molar-refractivity contribution is 4.95. The molecule has 0 bridgehead atoms. The van der Waals surface area contributed by atoms with E-state index in [1.165, 1.54) is 44.9 Å². The van der Waals surface area contributed by atoms with E-state index in [-0.39, 0.29) is 0 Å². The minimum Gasteiger partial charge on any atom is -0.376 e. The van der Waals surface area contributed by atoms with E-state index in [1.54, 1.807) is 6.92 Å². The predicted octanol–water partition coefficient (Wildman–Crippen LogP) is 4.18. The molecule has 1 N–H and O–H groups in total. The van der Waals surface area contributed by atoms with Crippen LogP contribution in [0.4, 0.5) is 0 Å². The molecule has 0 fully saturated rings. The fourth-order valence-electron chi connectivity index (χ4n) is 1.84. The first-order valence-corrected chi connectivity index (χ1v) is 6.76. The van der Waals surface area contributed by atoms with Crippen LogP contribution in [0.25, 0.3) is 0 Å². The van der Waals surface area contributed by atoms with Crippen molar-refractivity contribution in [1.82, 2.24) is 0 Å². The lowest BCUT2D eigenvalue weighted by Gasteiger charge is -2.12. The van der Waals surface area contributed by atoms with Gasteiger partial charge in [-0.1, -0.05) is 58.3 Å². The Morgan fingerprint density at radius 3 is 1.81 bits per heavy atom. The molecule has 0 rings (SSSR count). The van der Waals surface area contributed by atoms with Crippen molar-refractivity contribution < 1.29 is 5.11 Å². The van der Waals surface area contributed by atoms with Gasteiger partial charge in [0, 0.05) is 0 Å². The van der Waals surface area contributed by atoms with E-state index in [0.29, 0.717) is 6.42 Å². The molecule has 1 atom stereocenters. The molecule has 1 unspecified atom stereocenters. The quantitative estimate of drug-likeness (QED) is 0.447. The number of unbranched alkanes of at least 4 members (excludes halogenated alkanes) is 8. The summed E-state index contributed by atoms with van der Waals surface area (Å²) in [6.45, 7) is 3.83. The van der Waals surface area contributed by atoms with Crippen LogP contribution in [0.1, 0.15) is 78.1 Å². The van der Waals surface area contributed by atoms with E-state index in [9.17, 15) is 5.11 Å². The standard InChI is InChI=1S/C14H27NO/c1-3-4-5-6-7-8-9-10-11-12-14(2,16)13-15/h16H,3-12H2,1-2H3. The topological polar surface area (TPSA) is 44.0 Å². The highest BCUT2D eigenvalue weighted by Gasteiger charge is 2.17. The first-order valence-electron chi connectivity index (χ1n) is 6.76. The van der Waals surface area contributed by atoms with Crippen molar-refractivity contribution in [1.29, 1.82) is 5.26 Å². The van der Waals surface area contributed by atoms with Crippen LogP contribution < -0.4 is 0 Å². The highest BCUT2D eigenvalue weighted by Crippen LogP contribution is 2.15. The fourth-order valence-corrected chi connectivity index (χ4v) is 1.84. The molecule has 0 aromatic heterocycles. The summed E-state index contributed by atoms with van der Waals surface area (Å²) in [7, 11) is 0. The maximum absolute atomic E-state index is 9.46. The molecule has 94 valence electrons. The van der Waals surface area contributed by atoms with E-state index in [1.807, 2.05) is 6.07 Å². The van der Waals surface area contributed by atoms with Crippen LogP contribution in [0.3, 0.4) is 0 Å². The first-order chi connectivity index (χ1) is 7.62. The molecule has 2 heteroatoms. The SMILES string of the molecule is CCCCCCCCCCCC(C)(O)C#N. The van der Waals surface area contributed by atoms with E-state index in [4.69, 9.17) is 5.26 Å². The van der Waals surface area contributed by atoms with Gasteiger partial charge >= 0.3 is 0 Å². The molecule has 2 nitrogen and oxygen atoms in total. The fraction of sp³-hybridized carbons (Fsp3) is 0.929. The van der Waals surface area contributed by atoms with Gasteiger partial charge in [0.1, 0.15) is 5.60 Å². The monoisotopic (exact) mass is 225 g/mol. The number of nitrogens with zero attached hydrogens (tertiary/aromatic N) is 1. The van der Waals surface area contributed by atoms with Gasteiger partial charge in [0.05, 0.1) is 6.07 Å². The summed E-state index contributed by atoms with van der Waals surface area (Å²) in [5, 5.41) is 18.1. The Morgan fingerprint density at radius 2 is 1.38 bits per heavy atom. The van der Waals surface area contributed by atoms with E-state index in [0.717, 1.165) is 12.8 Å². The zero-order chi connectivity index (χ0) is 12.3. The Balaban J connectivity index is 3.14. The van der Waals surface area contributed by atoms with Gasteiger partial charge in [0.25, 0.3) is 0 Å². The van der Waals surface area contributed by atoms with E-state index < -0.39 is 5.60 Å². The first kappa shape index (κ1) is 15.4. The third-order valence-corrected chi connectivity index (χ3v) is 3.01. The summed E-state index contributed by atoms with van der Waals surface area (Å²) in [4.78, 5) is 0. The number of hydrogen-bond donors (Lipinski definition) is 1. The molecule has 0 saturated carbocycles. The van der Waals surface area contributed by atoms with Crippen LogP contribution in [0.15, 0.2) is 0 Å². The lowest BCUT2D eigenvalue weighted by atomic mass is 9.99. The lowest BCUT2D eigenvalue weighted by molar-refractivity contribution is 0.106. The average Bonchev–Trinajstić information content (AvgIpc) is 2.27. The molecule has 0 aromatic rings. The van der Waals surface area contributed by atoms with Gasteiger partial charge in [0.15, 0.2) is 0 Å². The second-order valence-electron chi connectivity index (χ2n) is 4.96. The molecule has 0 heterocycles. The number of rotatable bonds is 10. The Bertz CT molecular complexity index is 193. The van der Waals surface area contributed by atoms with Crippen LogP contribution in [-0.4, -0.2) is 10.7 Å². The Kier molecular flexibility index (Phi) is 9.33. The molecule has 0 saturated heterocycles. The van der Waals surface area contributed by atoms with Crippen molar-refractivity contribution in [2.75, 3.05) is 0 Å². The Morgan fingerprint density at radius 1 is 0.938 bits per heavy atom. The minimum atomic E-state index is -1.11. The highest BCUT2D eigenvalue weighted by atomic mass is 16.3. The maximum Gasteiger partial charge on any atom is 0.148 e. The minimum absolute atomic E-state index is 0.610. The van der Waals surface area contributed by atoms with Gasteiger partial charge < -0.3 is 5.11 Å². The third-order valence-electron chi connectivity index (χ3n) is 3.01. The Labute approximate surface area is 101 Å². The lowest BCUT2D eigenvalue weighted by Crippen LogP contribution is -2.20. The van der Waals surface area contributed by atoms with Gasteiger partial charge in [-0.2, -0.15) is 5.26 Å². The van der Waals surface area contributed by atoms with E-state index >= 15 is 0 Å². The second-order valence-corrected chi connectivity index (χ2v) is 4.96. The summed E-state index contributed by atoms with van der Waals surface area (Å²) >= 11 is 0. The molecular formula is C14H27NO. The van der Waals surface area contributed by atoms with Crippen LogP contribution >= 0.6 is 0 Å². The molecule has 0 radical (unpaired) electrons. The summed E-state index contributed by atoms with van der Waals surface area (Å²) in [6, 6.07) is 1.92. The summed E-state index contributed by atoms with van der Waals surface area (Å²) in [5.41, 5.74) is -1.11. The van der Waals surface area contributed by atoms with Gasteiger partial charge in [-0.25, -0.2) is 0 Å². The number of hydrogen-bond acceptors (Lipinski definition) is 2. The van der Waals surface area contributed by atoms with Crippen molar-refractivity contribution in [3.05, 3.63) is 0 Å². The summed E-state index contributed by atoms with van der Waals surface area (Å²) in [6.07, 6.45) is 12.0. The molecule has 0 aliphatic carbocycles. The van der Waals surface area contributed by atoms with Crippen LogP contribution in [-0.2, 0) is 0 Å². The smallest absolute Gasteiger partial charge is 0.148 e. The zero-order valence-corrected chi connectivity index (χ0v) is 11.0. The molecule has 0 amide bonds.